The molecule has 2 aromatic rings. The fraction of sp³-hybridized carbons (Fsp3) is 0.435. The van der Waals surface area contributed by atoms with Gasteiger partial charge in [0, 0.05) is 32.8 Å². The molecule has 7 nitrogen and oxygen atoms in total. The fourth-order valence-corrected chi connectivity index (χ4v) is 4.40. The van der Waals surface area contributed by atoms with Crippen molar-refractivity contribution < 1.29 is 17.9 Å². The van der Waals surface area contributed by atoms with E-state index >= 15 is 0 Å². The number of aryl methyl sites for hydroxylation is 1. The third kappa shape index (κ3) is 10.6. The number of nitrogens with one attached hydrogen (secondary N) is 2. The molecule has 2 aromatic carbocycles. The zero-order valence-electron chi connectivity index (χ0n) is 19.0. The maximum atomic E-state index is 12.3. The number of methoxy groups -OCH3 is 1. The fourth-order valence-electron chi connectivity index (χ4n) is 2.98. The predicted octanol–water partition coefficient (Wildman–Crippen LogP) is 3.31. The Morgan fingerprint density at radius 1 is 1.06 bits per heavy atom. The Morgan fingerprint density at radius 3 is 2.50 bits per heavy atom. The number of sulfone groups is 1. The van der Waals surface area contributed by atoms with E-state index in [1.54, 1.807) is 14.2 Å². The summed E-state index contributed by atoms with van der Waals surface area (Å²) >= 11 is 0. The van der Waals surface area contributed by atoms with E-state index in [2.05, 4.69) is 15.6 Å². The van der Waals surface area contributed by atoms with Crippen LogP contribution in [-0.2, 0) is 26.9 Å². The maximum absolute atomic E-state index is 12.3. The first-order valence-corrected chi connectivity index (χ1v) is 12.2. The van der Waals surface area contributed by atoms with Crippen molar-refractivity contribution in [1.29, 1.82) is 0 Å². The van der Waals surface area contributed by atoms with E-state index < -0.39 is 9.84 Å². The third-order valence-corrected chi connectivity index (χ3v) is 6.28. The average Bonchev–Trinajstić information content (AvgIpc) is 2.75. The van der Waals surface area contributed by atoms with Crippen LogP contribution in [0.3, 0.4) is 0 Å². The van der Waals surface area contributed by atoms with E-state index in [-0.39, 0.29) is 35.5 Å². The van der Waals surface area contributed by atoms with E-state index in [1.807, 2.05) is 55.5 Å². The van der Waals surface area contributed by atoms with Crippen LogP contribution in [0, 0.1) is 6.92 Å². The molecule has 0 unspecified atom stereocenters. The van der Waals surface area contributed by atoms with Gasteiger partial charge in [0.15, 0.2) is 15.8 Å². The molecule has 0 saturated carbocycles. The predicted molar refractivity (Wildman–Crippen MR) is 141 cm³/mol. The summed E-state index contributed by atoms with van der Waals surface area (Å²) in [6.45, 7) is 4.08. The topological polar surface area (TPSA) is 89.0 Å². The van der Waals surface area contributed by atoms with Gasteiger partial charge in [-0.2, -0.15) is 0 Å². The molecule has 0 aliphatic carbocycles. The monoisotopic (exact) mass is 575 g/mol. The molecule has 2 rings (SSSR count). The van der Waals surface area contributed by atoms with Crippen LogP contribution in [0.15, 0.2) is 53.5 Å². The quantitative estimate of drug-likeness (QED) is 0.175. The van der Waals surface area contributed by atoms with E-state index in [4.69, 9.17) is 9.47 Å². The first-order chi connectivity index (χ1) is 14.9. The molecule has 0 bridgehead atoms. The SMILES string of the molecule is CN=C(NCCCS(=O)(=O)Cc1ccccc1)NCc1ccc(C)cc1OCCOC.I. The molecule has 32 heavy (non-hydrogen) atoms. The number of hydrogen-bond acceptors (Lipinski definition) is 5. The number of ether oxygens (including phenoxy) is 2. The van der Waals surface area contributed by atoms with Gasteiger partial charge in [0.1, 0.15) is 12.4 Å². The highest BCUT2D eigenvalue weighted by molar-refractivity contribution is 14.0. The molecule has 0 atom stereocenters. The van der Waals surface area contributed by atoms with Crippen molar-refractivity contribution in [2.24, 2.45) is 4.99 Å². The Kier molecular flexibility index (Phi) is 13.3. The molecular formula is C23H34IN3O4S. The number of guanidine groups is 1. The molecule has 178 valence electrons. The summed E-state index contributed by atoms with van der Waals surface area (Å²) in [6.07, 6.45) is 0.506. The highest BCUT2D eigenvalue weighted by Crippen LogP contribution is 2.20. The molecule has 0 heterocycles. The van der Waals surface area contributed by atoms with Crippen LogP contribution in [-0.4, -0.2) is 54.0 Å². The van der Waals surface area contributed by atoms with Gasteiger partial charge in [-0.25, -0.2) is 8.42 Å². The zero-order valence-corrected chi connectivity index (χ0v) is 22.1. The molecule has 0 aliphatic rings. The van der Waals surface area contributed by atoms with Crippen LogP contribution in [0.25, 0.3) is 0 Å². The first kappa shape index (κ1) is 28.2. The van der Waals surface area contributed by atoms with Gasteiger partial charge >= 0.3 is 0 Å². The Balaban J connectivity index is 0.00000512. The van der Waals surface area contributed by atoms with Crippen LogP contribution in [0.5, 0.6) is 5.75 Å². The maximum Gasteiger partial charge on any atom is 0.191 e. The van der Waals surface area contributed by atoms with Gasteiger partial charge in [-0.05, 0) is 30.5 Å². The summed E-state index contributed by atoms with van der Waals surface area (Å²) in [5.41, 5.74) is 2.94. The number of hydrogen-bond donors (Lipinski definition) is 2. The largest absolute Gasteiger partial charge is 0.491 e. The highest BCUT2D eigenvalue weighted by Gasteiger charge is 2.12. The Labute approximate surface area is 208 Å². The van der Waals surface area contributed by atoms with Crippen molar-refractivity contribution in [3.63, 3.8) is 0 Å². The molecule has 0 amide bonds. The van der Waals surface area contributed by atoms with Crippen molar-refractivity contribution >= 4 is 39.8 Å². The Hall–Kier alpha value is -1.85. The van der Waals surface area contributed by atoms with Gasteiger partial charge in [-0.15, -0.1) is 24.0 Å². The number of aliphatic imine (C=N–C) groups is 1. The standard InChI is InChI=1S/C23H33N3O4S.HI/c1-19-10-11-21(22(16-19)30-14-13-29-3)17-26-23(24-2)25-12-7-15-31(27,28)18-20-8-5-4-6-9-20;/h4-6,8-11,16H,7,12-15,17-18H2,1-3H3,(H2,24,25,26);1H. The minimum atomic E-state index is -3.14. The Bertz CT molecular complexity index is 938. The van der Waals surface area contributed by atoms with Gasteiger partial charge < -0.3 is 20.1 Å². The normalized spacial score (nSPS) is 11.5. The van der Waals surface area contributed by atoms with Crippen LogP contribution < -0.4 is 15.4 Å². The molecular weight excluding hydrogens is 541 g/mol. The van der Waals surface area contributed by atoms with Crippen LogP contribution in [0.4, 0.5) is 0 Å². The van der Waals surface area contributed by atoms with Crippen molar-refractivity contribution in [3.05, 3.63) is 65.2 Å². The number of nitrogens with zero attached hydrogens (tertiary/aromatic N) is 1. The van der Waals surface area contributed by atoms with Crippen LogP contribution in [0.2, 0.25) is 0 Å². The molecule has 2 N–H and O–H groups in total. The van der Waals surface area contributed by atoms with Crippen molar-refractivity contribution in [1.82, 2.24) is 10.6 Å². The second kappa shape index (κ2) is 15.1. The van der Waals surface area contributed by atoms with E-state index in [1.165, 1.54) is 0 Å². The number of rotatable bonds is 12. The van der Waals surface area contributed by atoms with Gasteiger partial charge in [-0.1, -0.05) is 42.5 Å². The smallest absolute Gasteiger partial charge is 0.191 e. The summed E-state index contributed by atoms with van der Waals surface area (Å²) in [5.74, 6) is 1.62. The minimum absolute atomic E-state index is 0. The van der Waals surface area contributed by atoms with Crippen molar-refractivity contribution in [2.75, 3.05) is 39.7 Å². The molecule has 0 spiro atoms. The lowest BCUT2D eigenvalue weighted by Gasteiger charge is -2.15. The summed E-state index contributed by atoms with van der Waals surface area (Å²) in [5, 5.41) is 6.42. The van der Waals surface area contributed by atoms with Gasteiger partial charge in [-0.3, -0.25) is 4.99 Å². The number of halogens is 1. The van der Waals surface area contributed by atoms with Gasteiger partial charge in [0.2, 0.25) is 0 Å². The number of benzene rings is 2. The second-order valence-electron chi connectivity index (χ2n) is 7.24. The molecule has 0 saturated heterocycles. The van der Waals surface area contributed by atoms with Crippen molar-refractivity contribution in [3.8, 4) is 5.75 Å². The van der Waals surface area contributed by atoms with Crippen molar-refractivity contribution in [2.45, 2.75) is 25.6 Å². The second-order valence-corrected chi connectivity index (χ2v) is 9.42. The highest BCUT2D eigenvalue weighted by atomic mass is 127. The first-order valence-electron chi connectivity index (χ1n) is 10.3. The zero-order chi connectivity index (χ0) is 22.5. The summed E-state index contributed by atoms with van der Waals surface area (Å²) in [4.78, 5) is 4.21. The van der Waals surface area contributed by atoms with Gasteiger partial charge in [0.05, 0.1) is 18.1 Å². The van der Waals surface area contributed by atoms with Gasteiger partial charge in [0.25, 0.3) is 0 Å². The molecule has 0 aliphatic heterocycles. The third-order valence-electron chi connectivity index (χ3n) is 4.59. The van der Waals surface area contributed by atoms with E-state index in [0.717, 1.165) is 22.4 Å². The minimum Gasteiger partial charge on any atom is -0.491 e. The lowest BCUT2D eigenvalue weighted by molar-refractivity contribution is 0.145. The molecule has 0 fully saturated rings. The van der Waals surface area contributed by atoms with Crippen LogP contribution >= 0.6 is 24.0 Å². The van der Waals surface area contributed by atoms with Crippen LogP contribution in [0.1, 0.15) is 23.1 Å². The summed E-state index contributed by atoms with van der Waals surface area (Å²) in [6, 6.07) is 15.3. The average molecular weight is 576 g/mol. The Morgan fingerprint density at radius 2 is 1.81 bits per heavy atom. The summed E-state index contributed by atoms with van der Waals surface area (Å²) in [7, 11) is 0.188. The molecule has 0 radical (unpaired) electrons. The van der Waals surface area contributed by atoms with E-state index in [9.17, 15) is 8.42 Å². The summed E-state index contributed by atoms with van der Waals surface area (Å²) < 4.78 is 35.5. The van der Waals surface area contributed by atoms with E-state index in [0.29, 0.717) is 38.7 Å². The molecule has 0 aromatic heterocycles. The lowest BCUT2D eigenvalue weighted by atomic mass is 10.1. The lowest BCUT2D eigenvalue weighted by Crippen LogP contribution is -2.37. The molecule has 9 heteroatoms.